The molecule has 1 aromatic heterocycles. The largest absolute Gasteiger partial charge is 0.481 e. The third-order valence-electron chi connectivity index (χ3n) is 3.55. The fourth-order valence-electron chi connectivity index (χ4n) is 2.19. The summed E-state index contributed by atoms with van der Waals surface area (Å²) in [7, 11) is 0. The van der Waals surface area contributed by atoms with Crippen molar-refractivity contribution in [3.8, 4) is 17.0 Å². The first-order chi connectivity index (χ1) is 12.2. The fourth-order valence-corrected chi connectivity index (χ4v) is 3.32. The number of nitrogens with one attached hydrogen (secondary N) is 1. The van der Waals surface area contributed by atoms with Gasteiger partial charge in [0.25, 0.3) is 5.91 Å². The average molecular weight is 370 g/mol. The van der Waals surface area contributed by atoms with E-state index in [1.807, 2.05) is 54.1 Å². The molecule has 0 radical (unpaired) electrons. The minimum Gasteiger partial charge on any atom is -0.481 e. The van der Waals surface area contributed by atoms with Crippen LogP contribution in [0.1, 0.15) is 6.92 Å². The van der Waals surface area contributed by atoms with Crippen LogP contribution in [0, 0.1) is 0 Å². The Balaban J connectivity index is 1.63. The van der Waals surface area contributed by atoms with Gasteiger partial charge in [0.1, 0.15) is 5.75 Å². The average Bonchev–Trinajstić information content (AvgIpc) is 3.11. The second-order valence-corrected chi connectivity index (χ2v) is 7.07. The lowest BCUT2D eigenvalue weighted by Gasteiger charge is -2.13. The molecule has 0 unspecified atom stereocenters. The summed E-state index contributed by atoms with van der Waals surface area (Å²) in [5.41, 5.74) is 1.88. The molecule has 3 aromatic rings. The Hall–Kier alpha value is -2.31. The maximum Gasteiger partial charge on any atom is 0.266 e. The number of thioether (sulfide) groups is 1. The van der Waals surface area contributed by atoms with E-state index in [4.69, 9.17) is 4.74 Å². The molecule has 3 rings (SSSR count). The molecule has 0 saturated carbocycles. The maximum absolute atomic E-state index is 12.3. The van der Waals surface area contributed by atoms with Crippen LogP contribution < -0.4 is 10.1 Å². The van der Waals surface area contributed by atoms with Gasteiger partial charge < -0.3 is 4.74 Å². The molecule has 1 atom stereocenters. The number of ether oxygens (including phenoxy) is 1. The lowest BCUT2D eigenvalue weighted by atomic mass is 10.2. The Labute approximate surface area is 155 Å². The fraction of sp³-hybridized carbons (Fsp3) is 0.158. The van der Waals surface area contributed by atoms with Crippen LogP contribution in [0.25, 0.3) is 11.3 Å². The Bertz CT molecular complexity index is 832. The number of rotatable bonds is 6. The number of hydrogen-bond acceptors (Lipinski definition) is 5. The Morgan fingerprint density at radius 2 is 1.88 bits per heavy atom. The smallest absolute Gasteiger partial charge is 0.266 e. The standard InChI is InChI=1S/C19H18N2O2S2/c1-13(23-15-6-4-3-5-7-15)18(22)21-19-20-17(12-25-19)14-8-10-16(24-2)11-9-14/h3-13H,1-2H3,(H,20,21,22)/t13-/m0/s1. The molecular weight excluding hydrogens is 352 g/mol. The molecule has 2 aromatic carbocycles. The molecule has 0 spiro atoms. The highest BCUT2D eigenvalue weighted by molar-refractivity contribution is 7.98. The monoisotopic (exact) mass is 370 g/mol. The SMILES string of the molecule is CSc1ccc(-c2csc(NC(=O)[C@H](C)Oc3ccccc3)n2)cc1. The van der Waals surface area contributed by atoms with Crippen molar-refractivity contribution in [2.45, 2.75) is 17.9 Å². The van der Waals surface area contributed by atoms with Gasteiger partial charge in [-0.3, -0.25) is 10.1 Å². The van der Waals surface area contributed by atoms with E-state index in [1.165, 1.54) is 16.2 Å². The Kier molecular flexibility index (Phi) is 5.73. The normalized spacial score (nSPS) is 11.8. The lowest BCUT2D eigenvalue weighted by Crippen LogP contribution is -2.30. The molecule has 0 bridgehead atoms. The van der Waals surface area contributed by atoms with E-state index in [0.29, 0.717) is 10.9 Å². The van der Waals surface area contributed by atoms with Crippen LogP contribution in [-0.2, 0) is 4.79 Å². The van der Waals surface area contributed by atoms with Gasteiger partial charge in [-0.25, -0.2) is 4.98 Å². The second-order valence-electron chi connectivity index (χ2n) is 5.33. The van der Waals surface area contributed by atoms with E-state index in [-0.39, 0.29) is 5.91 Å². The van der Waals surface area contributed by atoms with Crippen LogP contribution in [0.2, 0.25) is 0 Å². The van der Waals surface area contributed by atoms with E-state index in [1.54, 1.807) is 18.7 Å². The number of carbonyl (C=O) groups is 1. The molecule has 1 amide bonds. The minimum absolute atomic E-state index is 0.220. The molecule has 0 aliphatic heterocycles. The highest BCUT2D eigenvalue weighted by atomic mass is 32.2. The van der Waals surface area contributed by atoms with Crippen LogP contribution in [0.4, 0.5) is 5.13 Å². The van der Waals surface area contributed by atoms with Gasteiger partial charge in [-0.1, -0.05) is 30.3 Å². The summed E-state index contributed by atoms with van der Waals surface area (Å²) in [6.07, 6.45) is 1.44. The zero-order valence-corrected chi connectivity index (χ0v) is 15.6. The third kappa shape index (κ3) is 4.61. The van der Waals surface area contributed by atoms with Crippen molar-refractivity contribution in [3.05, 3.63) is 60.0 Å². The molecule has 1 heterocycles. The predicted octanol–water partition coefficient (Wildman–Crippen LogP) is 4.94. The van der Waals surface area contributed by atoms with Gasteiger partial charge in [-0.05, 0) is 37.4 Å². The summed E-state index contributed by atoms with van der Waals surface area (Å²) in [5.74, 6) is 0.446. The number of thiazole rings is 1. The summed E-state index contributed by atoms with van der Waals surface area (Å²) < 4.78 is 5.63. The van der Waals surface area contributed by atoms with Crippen molar-refractivity contribution in [2.75, 3.05) is 11.6 Å². The third-order valence-corrected chi connectivity index (χ3v) is 5.05. The summed E-state index contributed by atoms with van der Waals surface area (Å²) in [6, 6.07) is 17.5. The van der Waals surface area contributed by atoms with Gasteiger partial charge in [0.05, 0.1) is 5.69 Å². The lowest BCUT2D eigenvalue weighted by molar-refractivity contribution is -0.122. The van der Waals surface area contributed by atoms with Crippen LogP contribution in [-0.4, -0.2) is 23.3 Å². The topological polar surface area (TPSA) is 51.2 Å². The molecule has 25 heavy (non-hydrogen) atoms. The van der Waals surface area contributed by atoms with Crippen molar-refractivity contribution >= 4 is 34.1 Å². The first-order valence-electron chi connectivity index (χ1n) is 7.78. The summed E-state index contributed by atoms with van der Waals surface area (Å²) in [6.45, 7) is 1.72. The molecule has 6 heteroatoms. The predicted molar refractivity (Wildman–Crippen MR) is 104 cm³/mol. The molecule has 0 aliphatic carbocycles. The van der Waals surface area contributed by atoms with Gasteiger partial charge in [0.2, 0.25) is 0 Å². The highest BCUT2D eigenvalue weighted by Gasteiger charge is 2.16. The van der Waals surface area contributed by atoms with E-state index < -0.39 is 6.10 Å². The van der Waals surface area contributed by atoms with Crippen molar-refractivity contribution in [1.29, 1.82) is 0 Å². The highest BCUT2D eigenvalue weighted by Crippen LogP contribution is 2.27. The molecule has 0 aliphatic rings. The number of amides is 1. The van der Waals surface area contributed by atoms with E-state index in [2.05, 4.69) is 22.4 Å². The first-order valence-corrected chi connectivity index (χ1v) is 9.88. The van der Waals surface area contributed by atoms with Crippen molar-refractivity contribution in [3.63, 3.8) is 0 Å². The van der Waals surface area contributed by atoms with Crippen LogP contribution >= 0.6 is 23.1 Å². The van der Waals surface area contributed by atoms with Crippen LogP contribution in [0.15, 0.2) is 64.9 Å². The summed E-state index contributed by atoms with van der Waals surface area (Å²) in [4.78, 5) is 18.0. The van der Waals surface area contributed by atoms with E-state index >= 15 is 0 Å². The molecule has 128 valence electrons. The molecule has 0 fully saturated rings. The van der Waals surface area contributed by atoms with Gasteiger partial charge in [0.15, 0.2) is 11.2 Å². The number of para-hydroxylation sites is 1. The van der Waals surface area contributed by atoms with E-state index in [9.17, 15) is 4.79 Å². The first kappa shape index (κ1) is 17.5. The van der Waals surface area contributed by atoms with Crippen molar-refractivity contribution in [1.82, 2.24) is 4.98 Å². The van der Waals surface area contributed by atoms with Crippen LogP contribution in [0.5, 0.6) is 5.75 Å². The summed E-state index contributed by atoms with van der Waals surface area (Å²) in [5, 5.41) is 5.32. The minimum atomic E-state index is -0.601. The van der Waals surface area contributed by atoms with Gasteiger partial charge in [0, 0.05) is 15.8 Å². The quantitative estimate of drug-likeness (QED) is 0.625. The number of hydrogen-bond donors (Lipinski definition) is 1. The number of aromatic nitrogens is 1. The second kappa shape index (κ2) is 8.18. The van der Waals surface area contributed by atoms with Gasteiger partial charge in [-0.15, -0.1) is 23.1 Å². The summed E-state index contributed by atoms with van der Waals surface area (Å²) >= 11 is 3.10. The number of benzene rings is 2. The Morgan fingerprint density at radius 1 is 1.16 bits per heavy atom. The molecular formula is C19H18N2O2S2. The number of carbonyl (C=O) groups excluding carboxylic acids is 1. The maximum atomic E-state index is 12.3. The van der Waals surface area contributed by atoms with Crippen molar-refractivity contribution in [2.24, 2.45) is 0 Å². The van der Waals surface area contributed by atoms with Crippen molar-refractivity contribution < 1.29 is 9.53 Å². The Morgan fingerprint density at radius 3 is 2.56 bits per heavy atom. The molecule has 4 nitrogen and oxygen atoms in total. The van der Waals surface area contributed by atoms with Gasteiger partial charge in [-0.2, -0.15) is 0 Å². The number of nitrogens with zero attached hydrogens (tertiary/aromatic N) is 1. The van der Waals surface area contributed by atoms with Crippen LogP contribution in [0.3, 0.4) is 0 Å². The number of anilines is 1. The molecule has 0 saturated heterocycles. The zero-order chi connectivity index (χ0) is 17.6. The van der Waals surface area contributed by atoms with E-state index in [0.717, 1.165) is 11.3 Å². The molecule has 1 N–H and O–H groups in total. The zero-order valence-electron chi connectivity index (χ0n) is 13.9. The van der Waals surface area contributed by atoms with Gasteiger partial charge >= 0.3 is 0 Å².